The van der Waals surface area contributed by atoms with Gasteiger partial charge in [-0.3, -0.25) is 0 Å². The van der Waals surface area contributed by atoms with Crippen molar-refractivity contribution in [1.29, 1.82) is 0 Å². The van der Waals surface area contributed by atoms with Gasteiger partial charge in [0.25, 0.3) is 0 Å². The minimum absolute atomic E-state index is 0.139. The van der Waals surface area contributed by atoms with Gasteiger partial charge >= 0.3 is 0 Å². The van der Waals surface area contributed by atoms with Crippen molar-refractivity contribution in [2.45, 2.75) is 25.4 Å². The van der Waals surface area contributed by atoms with Crippen LogP contribution in [0.5, 0.6) is 0 Å². The number of hydrogen-bond acceptors (Lipinski definition) is 2. The molecule has 1 aromatic heterocycles. The van der Waals surface area contributed by atoms with Crippen LogP contribution in [0.15, 0.2) is 30.3 Å². The first-order valence-corrected chi connectivity index (χ1v) is 7.18. The second-order valence-electron chi connectivity index (χ2n) is 4.52. The molecule has 0 spiro atoms. The molecule has 0 fully saturated rings. The van der Waals surface area contributed by atoms with Crippen LogP contribution in [0.25, 0.3) is 0 Å². The maximum absolute atomic E-state index is 13.1. The molecule has 0 radical (unpaired) electrons. The minimum atomic E-state index is -0.139. The third kappa shape index (κ3) is 2.44. The lowest BCUT2D eigenvalue weighted by molar-refractivity contribution is 0.533. The summed E-state index contributed by atoms with van der Waals surface area (Å²) < 4.78 is 13.9. The first kappa shape index (κ1) is 12.2. The molecule has 1 aliphatic rings. The Morgan fingerprint density at radius 1 is 1.33 bits per heavy atom. The van der Waals surface area contributed by atoms with E-state index < -0.39 is 0 Å². The van der Waals surface area contributed by atoms with Gasteiger partial charge in [0.2, 0.25) is 0 Å². The van der Waals surface area contributed by atoms with Crippen LogP contribution < -0.4 is 5.32 Å². The highest BCUT2D eigenvalue weighted by Gasteiger charge is 2.22. The van der Waals surface area contributed by atoms with Crippen LogP contribution in [-0.2, 0) is 13.0 Å². The van der Waals surface area contributed by atoms with Crippen molar-refractivity contribution in [2.24, 2.45) is 0 Å². The Balaban J connectivity index is 1.69. The topological polar surface area (TPSA) is 12.0 Å². The van der Waals surface area contributed by atoms with Crippen LogP contribution in [0.3, 0.4) is 0 Å². The Bertz CT molecular complexity index is 567. The van der Waals surface area contributed by atoms with E-state index in [1.165, 1.54) is 10.4 Å². The molecule has 1 unspecified atom stereocenters. The summed E-state index contributed by atoms with van der Waals surface area (Å²) in [4.78, 5) is 1.23. The van der Waals surface area contributed by atoms with Gasteiger partial charge in [-0.05, 0) is 48.2 Å². The molecule has 0 aliphatic heterocycles. The van der Waals surface area contributed by atoms with Crippen molar-refractivity contribution in [3.63, 3.8) is 0 Å². The van der Waals surface area contributed by atoms with E-state index >= 15 is 0 Å². The zero-order valence-electron chi connectivity index (χ0n) is 9.75. The summed E-state index contributed by atoms with van der Waals surface area (Å²) in [6.07, 6.45) is 1.99. The minimum Gasteiger partial charge on any atom is -0.305 e. The Morgan fingerprint density at radius 2 is 2.22 bits per heavy atom. The first-order chi connectivity index (χ1) is 8.72. The van der Waals surface area contributed by atoms with Crippen LogP contribution in [0.2, 0.25) is 4.34 Å². The third-order valence-corrected chi connectivity index (χ3v) is 4.57. The number of nitrogens with one attached hydrogen (secondary N) is 1. The fraction of sp³-hybridized carbons (Fsp3) is 0.286. The zero-order chi connectivity index (χ0) is 12.5. The van der Waals surface area contributed by atoms with Crippen molar-refractivity contribution < 1.29 is 4.39 Å². The van der Waals surface area contributed by atoms with E-state index in [2.05, 4.69) is 5.32 Å². The molecule has 1 nitrogen and oxygen atoms in total. The van der Waals surface area contributed by atoms with E-state index in [1.54, 1.807) is 23.5 Å². The maximum Gasteiger partial charge on any atom is 0.123 e. The summed E-state index contributed by atoms with van der Waals surface area (Å²) in [5.41, 5.74) is 2.37. The Hall–Kier alpha value is -0.900. The van der Waals surface area contributed by atoms with Crippen LogP contribution in [-0.4, -0.2) is 0 Å². The molecule has 2 aromatic rings. The summed E-state index contributed by atoms with van der Waals surface area (Å²) >= 11 is 7.50. The standard InChI is InChI=1S/C14H13ClFNS/c15-14-6-3-11(18-14)8-17-13-5-1-9-7-10(16)2-4-12(9)13/h2-4,6-7,13,17H,1,5,8H2. The Kier molecular flexibility index (Phi) is 3.37. The maximum atomic E-state index is 13.1. The average molecular weight is 282 g/mol. The van der Waals surface area contributed by atoms with Crippen LogP contribution in [0, 0.1) is 5.82 Å². The molecular weight excluding hydrogens is 269 g/mol. The SMILES string of the molecule is Fc1ccc2c(c1)CCC2NCc1ccc(Cl)s1. The molecule has 1 heterocycles. The number of aryl methyl sites for hydroxylation is 1. The lowest BCUT2D eigenvalue weighted by Crippen LogP contribution is -2.17. The van der Waals surface area contributed by atoms with Crippen molar-refractivity contribution >= 4 is 22.9 Å². The van der Waals surface area contributed by atoms with Gasteiger partial charge in [0, 0.05) is 17.5 Å². The molecule has 1 atom stereocenters. The van der Waals surface area contributed by atoms with E-state index in [-0.39, 0.29) is 5.82 Å². The molecule has 1 N–H and O–H groups in total. The summed E-state index contributed by atoms with van der Waals surface area (Å²) in [5, 5.41) is 3.52. The van der Waals surface area contributed by atoms with Crippen LogP contribution >= 0.6 is 22.9 Å². The lowest BCUT2D eigenvalue weighted by atomic mass is 10.1. The fourth-order valence-corrected chi connectivity index (χ4v) is 3.51. The van der Waals surface area contributed by atoms with Crippen molar-refractivity contribution in [2.75, 3.05) is 0 Å². The van der Waals surface area contributed by atoms with Gasteiger partial charge in [0.05, 0.1) is 4.34 Å². The highest BCUT2D eigenvalue weighted by atomic mass is 35.5. The second kappa shape index (κ2) is 5.00. The molecule has 0 amide bonds. The molecular formula is C14H13ClFNS. The van der Waals surface area contributed by atoms with Crippen molar-refractivity contribution in [3.05, 3.63) is 56.5 Å². The van der Waals surface area contributed by atoms with Gasteiger partial charge in [0.15, 0.2) is 0 Å². The van der Waals surface area contributed by atoms with Crippen molar-refractivity contribution in [3.8, 4) is 0 Å². The highest BCUT2D eigenvalue weighted by Crippen LogP contribution is 2.32. The van der Waals surface area contributed by atoms with Crippen LogP contribution in [0.1, 0.15) is 28.5 Å². The molecule has 0 bridgehead atoms. The van der Waals surface area contributed by atoms with E-state index in [1.807, 2.05) is 18.2 Å². The second-order valence-corrected chi connectivity index (χ2v) is 6.32. The van der Waals surface area contributed by atoms with Gasteiger partial charge in [-0.2, -0.15) is 0 Å². The molecule has 3 rings (SSSR count). The summed E-state index contributed by atoms with van der Waals surface area (Å²) in [7, 11) is 0. The van der Waals surface area contributed by atoms with Gasteiger partial charge < -0.3 is 5.32 Å². The number of fused-ring (bicyclic) bond motifs is 1. The number of thiophene rings is 1. The van der Waals surface area contributed by atoms with E-state index in [0.29, 0.717) is 6.04 Å². The molecule has 18 heavy (non-hydrogen) atoms. The third-order valence-electron chi connectivity index (χ3n) is 3.33. The van der Waals surface area contributed by atoms with Gasteiger partial charge in [-0.25, -0.2) is 4.39 Å². The average Bonchev–Trinajstić information content (AvgIpc) is 2.92. The molecule has 94 valence electrons. The summed E-state index contributed by atoms with van der Waals surface area (Å²) in [5.74, 6) is -0.139. The predicted molar refractivity (Wildman–Crippen MR) is 73.6 cm³/mol. The lowest BCUT2D eigenvalue weighted by Gasteiger charge is -2.13. The summed E-state index contributed by atoms with van der Waals surface area (Å²) in [6.45, 7) is 0.818. The summed E-state index contributed by atoms with van der Waals surface area (Å²) in [6, 6.07) is 9.39. The predicted octanol–water partition coefficient (Wildman–Crippen LogP) is 4.32. The molecule has 1 aliphatic carbocycles. The van der Waals surface area contributed by atoms with E-state index in [4.69, 9.17) is 11.6 Å². The monoisotopic (exact) mass is 281 g/mol. The van der Waals surface area contributed by atoms with Gasteiger partial charge in [-0.15, -0.1) is 11.3 Å². The number of halogens is 2. The first-order valence-electron chi connectivity index (χ1n) is 5.98. The highest BCUT2D eigenvalue weighted by molar-refractivity contribution is 7.16. The zero-order valence-corrected chi connectivity index (χ0v) is 11.3. The van der Waals surface area contributed by atoms with E-state index in [0.717, 1.165) is 29.3 Å². The number of benzene rings is 1. The largest absolute Gasteiger partial charge is 0.305 e. The van der Waals surface area contributed by atoms with E-state index in [9.17, 15) is 4.39 Å². The molecule has 0 saturated carbocycles. The Labute approximate surface area is 115 Å². The quantitative estimate of drug-likeness (QED) is 0.884. The van der Waals surface area contributed by atoms with Crippen molar-refractivity contribution in [1.82, 2.24) is 5.32 Å². The van der Waals surface area contributed by atoms with Gasteiger partial charge in [0.1, 0.15) is 5.82 Å². The Morgan fingerprint density at radius 3 is 3.00 bits per heavy atom. The normalized spacial score (nSPS) is 18.0. The number of hydrogen-bond donors (Lipinski definition) is 1. The number of rotatable bonds is 3. The molecule has 4 heteroatoms. The van der Waals surface area contributed by atoms with Crippen LogP contribution in [0.4, 0.5) is 4.39 Å². The molecule has 0 saturated heterocycles. The smallest absolute Gasteiger partial charge is 0.123 e. The van der Waals surface area contributed by atoms with Gasteiger partial charge in [-0.1, -0.05) is 17.7 Å². The fourth-order valence-electron chi connectivity index (χ4n) is 2.47. The molecule has 1 aromatic carbocycles.